The van der Waals surface area contributed by atoms with Crippen LogP contribution in [-0.4, -0.2) is 44.1 Å². The summed E-state index contributed by atoms with van der Waals surface area (Å²) in [4.78, 5) is 11.5. The molecule has 0 amide bonds. The van der Waals surface area contributed by atoms with Gasteiger partial charge in [-0.25, -0.2) is 0 Å². The monoisotopic (exact) mass is 409 g/mol. The Morgan fingerprint density at radius 3 is 2.76 bits per heavy atom. The second-order valence-corrected chi connectivity index (χ2v) is 7.42. The predicted octanol–water partition coefficient (Wildman–Crippen LogP) is 3.87. The summed E-state index contributed by atoms with van der Waals surface area (Å²) in [7, 11) is 0. The number of hydrogen-bond acceptors (Lipinski definition) is 6. The number of Topliss-reactive ketones (excluding diaryl/α,β-unsaturated/α-hetero) is 1. The van der Waals surface area contributed by atoms with Crippen molar-refractivity contribution in [3.8, 4) is 17.1 Å². The Morgan fingerprint density at radius 2 is 2.03 bits per heavy atom. The first kappa shape index (κ1) is 20.8. The number of carbonyl (C=O) groups is 1. The number of aromatic nitrogens is 3. The molecular weight excluding hydrogens is 386 g/mol. The highest BCUT2D eigenvalue weighted by atomic mass is 32.2. The molecule has 3 aromatic rings. The molecule has 2 aromatic carbocycles. The van der Waals surface area contributed by atoms with Crippen molar-refractivity contribution in [1.82, 2.24) is 14.8 Å². The van der Waals surface area contributed by atoms with Crippen molar-refractivity contribution in [2.24, 2.45) is 0 Å². The number of aliphatic hydroxyl groups is 1. The first-order valence-electron chi connectivity index (χ1n) is 9.22. The van der Waals surface area contributed by atoms with E-state index < -0.39 is 6.10 Å². The summed E-state index contributed by atoms with van der Waals surface area (Å²) in [6.07, 6.45) is 1.09. The van der Waals surface area contributed by atoms with Crippen molar-refractivity contribution in [3.63, 3.8) is 0 Å². The number of ether oxygens (including phenoxy) is 1. The summed E-state index contributed by atoms with van der Waals surface area (Å²) in [5.74, 6) is 1.70. The van der Waals surface area contributed by atoms with E-state index in [0.717, 1.165) is 11.4 Å². The molecular formula is C22H23N3O3S. The van der Waals surface area contributed by atoms with E-state index in [0.29, 0.717) is 28.8 Å². The maximum atomic E-state index is 11.5. The summed E-state index contributed by atoms with van der Waals surface area (Å²) in [6, 6.07) is 16.8. The van der Waals surface area contributed by atoms with Crippen LogP contribution >= 0.6 is 11.8 Å². The minimum absolute atomic E-state index is 0.0256. The quantitative estimate of drug-likeness (QED) is 0.311. The SMILES string of the molecule is C=CCn1c(SCC(O)COc2cccc(C(C)=O)c2)nnc1-c1ccccc1. The smallest absolute Gasteiger partial charge is 0.191 e. The predicted molar refractivity (Wildman–Crippen MR) is 114 cm³/mol. The Kier molecular flexibility index (Phi) is 7.21. The summed E-state index contributed by atoms with van der Waals surface area (Å²) >= 11 is 1.41. The molecule has 0 spiro atoms. The summed E-state index contributed by atoms with van der Waals surface area (Å²) in [5, 5.41) is 19.6. The molecule has 0 aliphatic rings. The number of benzene rings is 2. The van der Waals surface area contributed by atoms with Gasteiger partial charge in [-0.1, -0.05) is 60.3 Å². The van der Waals surface area contributed by atoms with Gasteiger partial charge < -0.3 is 9.84 Å². The van der Waals surface area contributed by atoms with Gasteiger partial charge in [0.25, 0.3) is 0 Å². The van der Waals surface area contributed by atoms with Gasteiger partial charge in [-0.2, -0.15) is 0 Å². The van der Waals surface area contributed by atoms with Gasteiger partial charge in [0.2, 0.25) is 0 Å². The molecule has 0 saturated carbocycles. The lowest BCUT2D eigenvalue weighted by molar-refractivity contribution is 0.101. The van der Waals surface area contributed by atoms with Crippen LogP contribution in [0.2, 0.25) is 0 Å². The van der Waals surface area contributed by atoms with Crippen molar-refractivity contribution in [1.29, 1.82) is 0 Å². The number of aliphatic hydroxyl groups excluding tert-OH is 1. The van der Waals surface area contributed by atoms with Crippen molar-refractivity contribution in [2.45, 2.75) is 24.7 Å². The van der Waals surface area contributed by atoms with Crippen LogP contribution in [-0.2, 0) is 6.54 Å². The van der Waals surface area contributed by atoms with E-state index in [1.165, 1.54) is 18.7 Å². The van der Waals surface area contributed by atoms with Gasteiger partial charge in [0.15, 0.2) is 16.8 Å². The molecule has 0 aliphatic carbocycles. The third-order valence-corrected chi connectivity index (χ3v) is 5.26. The highest BCUT2D eigenvalue weighted by Crippen LogP contribution is 2.24. The Morgan fingerprint density at radius 1 is 1.24 bits per heavy atom. The molecule has 150 valence electrons. The second-order valence-electron chi connectivity index (χ2n) is 6.43. The Labute approximate surface area is 174 Å². The van der Waals surface area contributed by atoms with E-state index in [1.54, 1.807) is 30.3 Å². The van der Waals surface area contributed by atoms with Crippen LogP contribution in [0.15, 0.2) is 72.4 Å². The first-order chi connectivity index (χ1) is 14.1. The van der Waals surface area contributed by atoms with Gasteiger partial charge in [-0.05, 0) is 19.1 Å². The van der Waals surface area contributed by atoms with Gasteiger partial charge in [-0.15, -0.1) is 16.8 Å². The minimum Gasteiger partial charge on any atom is -0.491 e. The van der Waals surface area contributed by atoms with Crippen molar-refractivity contribution < 1.29 is 14.6 Å². The fraction of sp³-hybridized carbons (Fsp3) is 0.227. The Hall–Kier alpha value is -2.90. The number of nitrogens with zero attached hydrogens (tertiary/aromatic N) is 3. The molecule has 6 nitrogen and oxygen atoms in total. The molecule has 3 rings (SSSR count). The molecule has 0 saturated heterocycles. The number of rotatable bonds is 10. The van der Waals surface area contributed by atoms with Crippen LogP contribution < -0.4 is 4.74 Å². The van der Waals surface area contributed by atoms with E-state index in [2.05, 4.69) is 16.8 Å². The Balaban J connectivity index is 1.61. The number of carbonyl (C=O) groups excluding carboxylic acids is 1. The molecule has 7 heteroatoms. The zero-order valence-electron chi connectivity index (χ0n) is 16.2. The number of thioether (sulfide) groups is 1. The highest BCUT2D eigenvalue weighted by Gasteiger charge is 2.15. The van der Waals surface area contributed by atoms with Gasteiger partial charge in [0.05, 0.1) is 6.10 Å². The first-order valence-corrected chi connectivity index (χ1v) is 10.2. The van der Waals surface area contributed by atoms with Crippen LogP contribution in [0.3, 0.4) is 0 Å². The molecule has 1 heterocycles. The normalized spacial score (nSPS) is 11.8. The fourth-order valence-corrected chi connectivity index (χ4v) is 3.56. The molecule has 0 fully saturated rings. The summed E-state index contributed by atoms with van der Waals surface area (Å²) < 4.78 is 7.59. The molecule has 0 radical (unpaired) electrons. The van der Waals surface area contributed by atoms with E-state index in [4.69, 9.17) is 4.74 Å². The van der Waals surface area contributed by atoms with E-state index in [9.17, 15) is 9.90 Å². The van der Waals surface area contributed by atoms with E-state index in [-0.39, 0.29) is 12.4 Å². The number of allylic oxidation sites excluding steroid dienone is 1. The van der Waals surface area contributed by atoms with Crippen LogP contribution in [0.4, 0.5) is 0 Å². The second kappa shape index (κ2) is 10.0. The third kappa shape index (κ3) is 5.56. The Bertz CT molecular complexity index is 972. The van der Waals surface area contributed by atoms with Crippen molar-refractivity contribution in [3.05, 3.63) is 72.8 Å². The van der Waals surface area contributed by atoms with Gasteiger partial charge in [0.1, 0.15) is 12.4 Å². The molecule has 0 bridgehead atoms. The van der Waals surface area contributed by atoms with Crippen molar-refractivity contribution in [2.75, 3.05) is 12.4 Å². The van der Waals surface area contributed by atoms with Gasteiger partial charge >= 0.3 is 0 Å². The zero-order chi connectivity index (χ0) is 20.6. The summed E-state index contributed by atoms with van der Waals surface area (Å²) in [5.41, 5.74) is 1.56. The van der Waals surface area contributed by atoms with E-state index >= 15 is 0 Å². The lowest BCUT2D eigenvalue weighted by atomic mass is 10.1. The molecule has 0 aliphatic heterocycles. The highest BCUT2D eigenvalue weighted by molar-refractivity contribution is 7.99. The maximum Gasteiger partial charge on any atom is 0.191 e. The fourth-order valence-electron chi connectivity index (χ4n) is 2.71. The molecule has 29 heavy (non-hydrogen) atoms. The lowest BCUT2D eigenvalue weighted by Gasteiger charge is -2.13. The minimum atomic E-state index is -0.699. The van der Waals surface area contributed by atoms with Crippen LogP contribution in [0, 0.1) is 0 Å². The molecule has 1 N–H and O–H groups in total. The van der Waals surface area contributed by atoms with E-state index in [1.807, 2.05) is 34.9 Å². The third-order valence-electron chi connectivity index (χ3n) is 4.15. The van der Waals surface area contributed by atoms with Gasteiger partial charge in [0, 0.05) is 23.4 Å². The molecule has 1 unspecified atom stereocenters. The van der Waals surface area contributed by atoms with Gasteiger partial charge in [-0.3, -0.25) is 9.36 Å². The number of ketones is 1. The standard InChI is InChI=1S/C22H23N3O3S/c1-3-12-25-21(17-8-5-4-6-9-17)23-24-22(25)29-15-19(27)14-28-20-11-7-10-18(13-20)16(2)26/h3-11,13,19,27H,1,12,14-15H2,2H3. The molecule has 1 atom stereocenters. The molecule has 1 aromatic heterocycles. The van der Waals surface area contributed by atoms with Crippen LogP contribution in [0.25, 0.3) is 11.4 Å². The largest absolute Gasteiger partial charge is 0.491 e. The maximum absolute atomic E-state index is 11.5. The topological polar surface area (TPSA) is 77.2 Å². The number of hydrogen-bond donors (Lipinski definition) is 1. The van der Waals surface area contributed by atoms with Crippen molar-refractivity contribution >= 4 is 17.5 Å². The zero-order valence-corrected chi connectivity index (χ0v) is 17.0. The average Bonchev–Trinajstić information content (AvgIpc) is 3.14. The summed E-state index contributed by atoms with van der Waals surface area (Å²) in [6.45, 7) is 6.01. The lowest BCUT2D eigenvalue weighted by Crippen LogP contribution is -2.20. The van der Waals surface area contributed by atoms with Crippen LogP contribution in [0.5, 0.6) is 5.75 Å². The van der Waals surface area contributed by atoms with Crippen LogP contribution in [0.1, 0.15) is 17.3 Å². The average molecular weight is 410 g/mol.